The van der Waals surface area contributed by atoms with Gasteiger partial charge in [-0.1, -0.05) is 0 Å². The molecule has 0 amide bonds. The summed E-state index contributed by atoms with van der Waals surface area (Å²) in [5.41, 5.74) is 0. The van der Waals surface area contributed by atoms with Crippen LogP contribution in [-0.2, 0) is 18.3 Å². The molecule has 0 spiro atoms. The molecule has 0 aliphatic heterocycles. The molecule has 0 saturated carbocycles. The molecule has 9 heavy (non-hydrogen) atoms. The maximum absolute atomic E-state index is 8.48. The molecule has 50 valence electrons. The topological polar surface area (TPSA) is 114 Å². The van der Waals surface area contributed by atoms with Gasteiger partial charge in [-0.25, -0.2) is 0 Å². The van der Waals surface area contributed by atoms with Gasteiger partial charge in [-0.05, 0) is 0 Å². The van der Waals surface area contributed by atoms with Gasteiger partial charge in [-0.3, -0.25) is 18.3 Å². The van der Waals surface area contributed by atoms with E-state index in [1.807, 2.05) is 0 Å². The van der Waals surface area contributed by atoms with Gasteiger partial charge in [0.05, 0.1) is 0 Å². The molecule has 0 aromatic carbocycles. The van der Waals surface area contributed by atoms with Gasteiger partial charge in [0, 0.05) is 0 Å². The van der Waals surface area contributed by atoms with Crippen LogP contribution in [0.3, 0.4) is 0 Å². The predicted molar refractivity (Wildman–Crippen MR) is 22.3 cm³/mol. The van der Waals surface area contributed by atoms with E-state index in [4.69, 9.17) is 28.0 Å². The molecule has 0 rings (SSSR count). The van der Waals surface area contributed by atoms with Crippen molar-refractivity contribution in [1.82, 2.24) is 0 Å². The van der Waals surface area contributed by atoms with Crippen molar-refractivity contribution in [3.63, 3.8) is 0 Å². The third-order valence-electron chi connectivity index (χ3n) is 0. The Kier molecular flexibility index (Phi) is 20.7. The molecule has 6 nitrogen and oxygen atoms in total. The fourth-order valence-corrected chi connectivity index (χ4v) is 0. The zero-order chi connectivity index (χ0) is 7.15. The van der Waals surface area contributed by atoms with E-state index in [0.717, 1.165) is 0 Å². The summed E-state index contributed by atoms with van der Waals surface area (Å²) in [5.74, 6) is 0. The molecule has 0 aliphatic rings. The Hall–Kier alpha value is 0.642. The van der Waals surface area contributed by atoms with E-state index >= 15 is 0 Å². The second-order valence-corrected chi connectivity index (χ2v) is 1.34. The summed E-state index contributed by atoms with van der Waals surface area (Å²) < 4.78 is 33.9. The van der Waals surface area contributed by atoms with Crippen LogP contribution in [-0.4, -0.2) is 27.3 Å². The van der Waals surface area contributed by atoms with Crippen LogP contribution < -0.4 is 9.79 Å². The van der Waals surface area contributed by atoms with Crippen molar-refractivity contribution in [3.05, 3.63) is 0 Å². The Balaban J connectivity index is -0.0000000720. The normalized spacial score (nSPS) is 5.56. The molecule has 9 heteroatoms. The van der Waals surface area contributed by atoms with Gasteiger partial charge in [0.25, 0.3) is 0 Å². The second kappa shape index (κ2) is 11.4. The molecule has 0 N–H and O–H groups in total. The van der Waals surface area contributed by atoms with Gasteiger partial charge in [-0.15, -0.1) is 0 Å². The smallest absolute Gasteiger partial charge is 0.744 e. The van der Waals surface area contributed by atoms with Gasteiger partial charge >= 0.3 is 27.3 Å². The molecule has 0 bridgehead atoms. The Labute approximate surface area is 71.2 Å². The van der Waals surface area contributed by atoms with Crippen molar-refractivity contribution in [2.75, 3.05) is 0 Å². The predicted octanol–water partition coefficient (Wildman–Crippen LogP) is -1.51. The van der Waals surface area contributed by atoms with Gasteiger partial charge in [0.15, 0.2) is 0 Å². The molecular formula is O6P2Pb. The molecular weight excluding hydrogens is 365 g/mol. The summed E-state index contributed by atoms with van der Waals surface area (Å²) in [6, 6.07) is 0. The summed E-state index contributed by atoms with van der Waals surface area (Å²) in [4.78, 5) is 17.0. The largest absolute Gasteiger partial charge is 2.00 e. The van der Waals surface area contributed by atoms with Gasteiger partial charge in [-0.2, -0.15) is 0 Å². The summed E-state index contributed by atoms with van der Waals surface area (Å²) in [5, 5.41) is 0. The monoisotopic (exact) mass is 366 g/mol. The first-order valence-electron chi connectivity index (χ1n) is 1.10. The summed E-state index contributed by atoms with van der Waals surface area (Å²) in [7, 11) is -6.74. The average molecular weight is 365 g/mol. The Morgan fingerprint density at radius 2 is 0.778 bits per heavy atom. The van der Waals surface area contributed by atoms with Crippen molar-refractivity contribution < 1.29 is 28.0 Å². The molecule has 0 unspecified atom stereocenters. The van der Waals surface area contributed by atoms with Crippen molar-refractivity contribution in [3.8, 4) is 0 Å². The maximum Gasteiger partial charge on any atom is 2.00 e. The van der Waals surface area contributed by atoms with Crippen LogP contribution in [0.1, 0.15) is 0 Å². The molecule has 0 aliphatic carbocycles. The third kappa shape index (κ3) is 925. The Morgan fingerprint density at radius 1 is 0.778 bits per heavy atom. The third-order valence-corrected chi connectivity index (χ3v) is 0. The fraction of sp³-hybridized carbons (Fsp3) is 0. The average Bonchev–Trinajstić information content (AvgIpc) is 1.25. The molecule has 0 atom stereocenters. The molecule has 0 aromatic rings. The first-order chi connectivity index (χ1) is 3.46. The summed E-state index contributed by atoms with van der Waals surface area (Å²) in [6.45, 7) is 0. The van der Waals surface area contributed by atoms with E-state index in [1.165, 1.54) is 0 Å². The Morgan fingerprint density at radius 3 is 0.778 bits per heavy atom. The zero-order valence-corrected chi connectivity index (χ0v) is 9.52. The molecule has 0 saturated heterocycles. The molecule has 2 radical (unpaired) electrons. The van der Waals surface area contributed by atoms with Crippen LogP contribution in [0, 0.1) is 0 Å². The Bertz CT molecular complexity index is 128. The fourth-order valence-electron chi connectivity index (χ4n) is 0. The summed E-state index contributed by atoms with van der Waals surface area (Å²) >= 11 is 0. The minimum absolute atomic E-state index is 0. The van der Waals surface area contributed by atoms with Gasteiger partial charge < -0.3 is 9.79 Å². The van der Waals surface area contributed by atoms with Crippen LogP contribution in [0.5, 0.6) is 0 Å². The van der Waals surface area contributed by atoms with Crippen molar-refractivity contribution >= 4 is 43.1 Å². The van der Waals surface area contributed by atoms with E-state index < -0.39 is 15.8 Å². The minimum Gasteiger partial charge on any atom is -0.744 e. The minimum atomic E-state index is -3.37. The van der Waals surface area contributed by atoms with Crippen LogP contribution in [0.25, 0.3) is 0 Å². The zero-order valence-electron chi connectivity index (χ0n) is 3.84. The van der Waals surface area contributed by atoms with Crippen LogP contribution >= 0.6 is 15.8 Å². The van der Waals surface area contributed by atoms with Crippen molar-refractivity contribution in [2.24, 2.45) is 0 Å². The van der Waals surface area contributed by atoms with E-state index in [2.05, 4.69) is 0 Å². The molecule has 0 heterocycles. The van der Waals surface area contributed by atoms with Crippen LogP contribution in [0.15, 0.2) is 0 Å². The van der Waals surface area contributed by atoms with E-state index in [1.54, 1.807) is 0 Å². The van der Waals surface area contributed by atoms with Crippen molar-refractivity contribution in [2.45, 2.75) is 0 Å². The maximum atomic E-state index is 8.48. The van der Waals surface area contributed by atoms with Gasteiger partial charge in [0.1, 0.15) is 0 Å². The molecule has 0 fully saturated rings. The van der Waals surface area contributed by atoms with Crippen LogP contribution in [0.4, 0.5) is 0 Å². The number of hydrogen-bond acceptors (Lipinski definition) is 6. The summed E-state index contributed by atoms with van der Waals surface area (Å²) in [6.07, 6.45) is 0. The SMILES string of the molecule is O=P(=O)[O-].O=P(=O)[O-].[Pb+2]. The van der Waals surface area contributed by atoms with E-state index in [0.29, 0.717) is 0 Å². The standard InChI is InChI=1S/2HO3P.Pb/c2*1-4(2)3;/h2*(H,1,2,3);/q;;+2/p-2. The van der Waals surface area contributed by atoms with E-state index in [-0.39, 0.29) is 27.3 Å². The number of rotatable bonds is 0. The van der Waals surface area contributed by atoms with Crippen LogP contribution in [0.2, 0.25) is 0 Å². The van der Waals surface area contributed by atoms with Gasteiger partial charge in [0.2, 0.25) is 15.8 Å². The number of hydrogen-bond donors (Lipinski definition) is 0. The second-order valence-electron chi connectivity index (χ2n) is 0.447. The quantitative estimate of drug-likeness (QED) is 0.381. The van der Waals surface area contributed by atoms with E-state index in [9.17, 15) is 0 Å². The first kappa shape index (κ1) is 16.3. The first-order valence-corrected chi connectivity index (χ1v) is 3.29. The molecule has 0 aromatic heterocycles. The van der Waals surface area contributed by atoms with Crippen molar-refractivity contribution in [1.29, 1.82) is 0 Å².